The number of carbonyl (C=O) groups excluding carboxylic acids is 1. The molecule has 7 rings (SSSR count). The number of benzene rings is 3. The molecule has 7 nitrogen and oxygen atoms in total. The zero-order chi connectivity index (χ0) is 26.3. The predicted molar refractivity (Wildman–Crippen MR) is 154 cm³/mol. The highest BCUT2D eigenvalue weighted by Gasteiger charge is 2.35. The molecule has 1 aliphatic carbocycles. The van der Waals surface area contributed by atoms with Gasteiger partial charge in [-0.05, 0) is 60.7 Å². The molecule has 2 N–H and O–H groups in total. The lowest BCUT2D eigenvalue weighted by molar-refractivity contribution is 0.0105. The van der Waals surface area contributed by atoms with E-state index in [-0.39, 0.29) is 11.9 Å². The molecular formula is C31H32ClN5O2. The van der Waals surface area contributed by atoms with Crippen LogP contribution in [0.4, 0.5) is 5.69 Å². The van der Waals surface area contributed by atoms with E-state index >= 15 is 0 Å². The van der Waals surface area contributed by atoms with E-state index in [1.54, 1.807) is 0 Å². The number of aromatic nitrogens is 2. The third-order valence-corrected chi connectivity index (χ3v) is 8.72. The molecule has 4 aromatic rings. The number of hydrogen-bond acceptors (Lipinski definition) is 5. The number of rotatable bonds is 7. The molecule has 200 valence electrons. The van der Waals surface area contributed by atoms with Crippen LogP contribution in [0.1, 0.15) is 34.8 Å². The molecule has 3 heterocycles. The van der Waals surface area contributed by atoms with E-state index in [0.29, 0.717) is 22.5 Å². The van der Waals surface area contributed by atoms with Crippen LogP contribution >= 0.6 is 11.6 Å². The Bertz CT molecular complexity index is 1490. The lowest BCUT2D eigenvalue weighted by Gasteiger charge is -2.47. The molecule has 3 fully saturated rings. The lowest BCUT2D eigenvalue weighted by Crippen LogP contribution is -2.61. The number of carbonyl (C=O) groups is 1. The Labute approximate surface area is 233 Å². The number of nitrogens with one attached hydrogen (secondary N) is 2. The minimum Gasteiger partial charge on any atom is -0.379 e. The molecule has 2 saturated heterocycles. The van der Waals surface area contributed by atoms with Crippen molar-refractivity contribution in [3.63, 3.8) is 0 Å². The Morgan fingerprint density at radius 3 is 2.54 bits per heavy atom. The van der Waals surface area contributed by atoms with Crippen molar-refractivity contribution in [3.05, 3.63) is 82.9 Å². The standard InChI is InChI=1S/C31H32ClN5O2/c32-27-4-2-1-3-25(27)29(20-5-6-20)33-31(38)22-9-12-28-26(17-22)30(35-34-28)21-7-10-23(11-8-21)37-18-24(19-37)36-13-15-39-16-14-36/h1-4,7-12,17,20,24,29H,5-6,13-16,18-19H2,(H,33,38)(H,34,35). The van der Waals surface area contributed by atoms with E-state index in [4.69, 9.17) is 16.3 Å². The number of H-pyrrole nitrogens is 1. The Morgan fingerprint density at radius 1 is 1.03 bits per heavy atom. The van der Waals surface area contributed by atoms with Crippen molar-refractivity contribution in [2.24, 2.45) is 5.92 Å². The second kappa shape index (κ2) is 10.3. The summed E-state index contributed by atoms with van der Waals surface area (Å²) in [5, 5.41) is 12.6. The van der Waals surface area contributed by atoms with Gasteiger partial charge in [0.2, 0.25) is 0 Å². The van der Waals surface area contributed by atoms with Crippen LogP contribution in [0.15, 0.2) is 66.7 Å². The largest absolute Gasteiger partial charge is 0.379 e. The molecule has 1 saturated carbocycles. The van der Waals surface area contributed by atoms with Crippen LogP contribution < -0.4 is 10.2 Å². The second-order valence-electron chi connectivity index (χ2n) is 10.9. The van der Waals surface area contributed by atoms with Gasteiger partial charge < -0.3 is 15.0 Å². The van der Waals surface area contributed by atoms with Gasteiger partial charge in [-0.25, -0.2) is 0 Å². The summed E-state index contributed by atoms with van der Waals surface area (Å²) < 4.78 is 5.49. The topological polar surface area (TPSA) is 73.5 Å². The van der Waals surface area contributed by atoms with Crippen molar-refractivity contribution >= 4 is 34.1 Å². The molecule has 0 bridgehead atoms. The Kier molecular flexibility index (Phi) is 6.51. The second-order valence-corrected chi connectivity index (χ2v) is 11.3. The maximum absolute atomic E-state index is 13.4. The normalized spacial score (nSPS) is 19.2. The van der Waals surface area contributed by atoms with Gasteiger partial charge in [-0.2, -0.15) is 5.10 Å². The summed E-state index contributed by atoms with van der Waals surface area (Å²) in [5.74, 6) is 0.333. The van der Waals surface area contributed by atoms with Gasteiger partial charge >= 0.3 is 0 Å². The van der Waals surface area contributed by atoms with Gasteiger partial charge in [-0.3, -0.25) is 14.8 Å². The van der Waals surface area contributed by atoms with Gasteiger partial charge in [0.1, 0.15) is 0 Å². The predicted octanol–water partition coefficient (Wildman–Crippen LogP) is 5.29. The Morgan fingerprint density at radius 2 is 1.79 bits per heavy atom. The van der Waals surface area contributed by atoms with E-state index in [1.165, 1.54) is 5.69 Å². The van der Waals surface area contributed by atoms with Crippen molar-refractivity contribution in [2.75, 3.05) is 44.3 Å². The fourth-order valence-electron chi connectivity index (χ4n) is 5.88. The fourth-order valence-corrected chi connectivity index (χ4v) is 6.13. The zero-order valence-electron chi connectivity index (χ0n) is 21.8. The SMILES string of the molecule is O=C(NC(c1ccccc1Cl)C1CC1)c1ccc2[nH]nc(-c3ccc(N4CC(N5CCOCC5)C4)cc3)c2c1. The van der Waals surface area contributed by atoms with Crippen molar-refractivity contribution in [1.29, 1.82) is 0 Å². The number of aromatic amines is 1. The molecule has 0 spiro atoms. The van der Waals surface area contributed by atoms with Crippen LogP contribution in [0, 0.1) is 5.92 Å². The first-order valence-corrected chi connectivity index (χ1v) is 14.2. The maximum atomic E-state index is 13.4. The molecule has 1 atom stereocenters. The average Bonchev–Trinajstić information content (AvgIpc) is 3.70. The molecule has 1 amide bonds. The molecular weight excluding hydrogens is 510 g/mol. The minimum atomic E-state index is -0.0937. The van der Waals surface area contributed by atoms with Crippen LogP contribution in [0.25, 0.3) is 22.2 Å². The first-order chi connectivity index (χ1) is 19.1. The van der Waals surface area contributed by atoms with Crippen LogP contribution in [0.3, 0.4) is 0 Å². The fraction of sp³-hybridized carbons (Fsp3) is 0.355. The summed E-state index contributed by atoms with van der Waals surface area (Å²) in [5.41, 5.74) is 5.62. The van der Waals surface area contributed by atoms with Gasteiger partial charge in [0.05, 0.1) is 30.5 Å². The van der Waals surface area contributed by atoms with E-state index in [9.17, 15) is 4.79 Å². The van der Waals surface area contributed by atoms with E-state index in [1.807, 2.05) is 42.5 Å². The van der Waals surface area contributed by atoms with Crippen molar-refractivity contribution in [2.45, 2.75) is 24.9 Å². The molecule has 39 heavy (non-hydrogen) atoms. The number of amides is 1. The number of morpholine rings is 1. The highest BCUT2D eigenvalue weighted by atomic mass is 35.5. The number of fused-ring (bicyclic) bond motifs is 1. The Balaban J connectivity index is 1.07. The summed E-state index contributed by atoms with van der Waals surface area (Å²) in [4.78, 5) is 18.3. The summed E-state index contributed by atoms with van der Waals surface area (Å²) in [6, 6.07) is 22.7. The van der Waals surface area contributed by atoms with Gasteiger partial charge in [0.15, 0.2) is 0 Å². The van der Waals surface area contributed by atoms with Gasteiger partial charge in [-0.15, -0.1) is 0 Å². The lowest BCUT2D eigenvalue weighted by atomic mass is 10.0. The summed E-state index contributed by atoms with van der Waals surface area (Å²) in [6.45, 7) is 5.86. The molecule has 3 aliphatic rings. The molecule has 1 unspecified atom stereocenters. The number of nitrogens with zero attached hydrogens (tertiary/aromatic N) is 3. The minimum absolute atomic E-state index is 0.0809. The van der Waals surface area contributed by atoms with E-state index in [2.05, 4.69) is 49.6 Å². The highest BCUT2D eigenvalue weighted by molar-refractivity contribution is 6.31. The van der Waals surface area contributed by atoms with Gasteiger partial charge in [-0.1, -0.05) is 41.9 Å². The summed E-state index contributed by atoms with van der Waals surface area (Å²) in [6.07, 6.45) is 2.20. The van der Waals surface area contributed by atoms with Crippen LogP contribution in [0.5, 0.6) is 0 Å². The molecule has 8 heteroatoms. The zero-order valence-corrected chi connectivity index (χ0v) is 22.5. The monoisotopic (exact) mass is 541 g/mol. The third-order valence-electron chi connectivity index (χ3n) is 8.38. The van der Waals surface area contributed by atoms with Crippen LogP contribution in [-0.4, -0.2) is 66.4 Å². The molecule has 1 aromatic heterocycles. The average molecular weight is 542 g/mol. The molecule has 2 aliphatic heterocycles. The van der Waals surface area contributed by atoms with Crippen LogP contribution in [0.2, 0.25) is 5.02 Å². The number of ether oxygens (including phenoxy) is 1. The number of hydrogen-bond donors (Lipinski definition) is 2. The van der Waals surface area contributed by atoms with E-state index < -0.39 is 0 Å². The quantitative estimate of drug-likeness (QED) is 0.333. The van der Waals surface area contributed by atoms with E-state index in [0.717, 1.165) is 80.0 Å². The summed E-state index contributed by atoms with van der Waals surface area (Å²) in [7, 11) is 0. The smallest absolute Gasteiger partial charge is 0.251 e. The first-order valence-electron chi connectivity index (χ1n) is 13.8. The number of anilines is 1. The van der Waals surface area contributed by atoms with Gasteiger partial charge in [0, 0.05) is 59.4 Å². The van der Waals surface area contributed by atoms with Gasteiger partial charge in [0.25, 0.3) is 5.91 Å². The van der Waals surface area contributed by atoms with Crippen molar-refractivity contribution < 1.29 is 9.53 Å². The number of halogens is 1. The first kappa shape index (κ1) is 24.6. The Hall–Kier alpha value is -3.39. The van der Waals surface area contributed by atoms with Crippen LogP contribution in [-0.2, 0) is 4.74 Å². The maximum Gasteiger partial charge on any atom is 0.251 e. The highest BCUT2D eigenvalue weighted by Crippen LogP contribution is 2.43. The third kappa shape index (κ3) is 4.91. The summed E-state index contributed by atoms with van der Waals surface area (Å²) >= 11 is 6.49. The van der Waals surface area contributed by atoms with Crippen molar-refractivity contribution in [3.8, 4) is 11.3 Å². The molecule has 0 radical (unpaired) electrons. The molecule has 3 aromatic carbocycles. The van der Waals surface area contributed by atoms with Crippen molar-refractivity contribution in [1.82, 2.24) is 20.4 Å².